The van der Waals surface area contributed by atoms with Crippen molar-refractivity contribution in [2.75, 3.05) is 17.2 Å². The van der Waals surface area contributed by atoms with Gasteiger partial charge in [-0.2, -0.15) is 0 Å². The van der Waals surface area contributed by atoms with Crippen molar-refractivity contribution in [1.82, 2.24) is 9.55 Å². The molecule has 1 aliphatic heterocycles. The number of nitrogens with zero attached hydrogens (tertiary/aromatic N) is 2. The van der Waals surface area contributed by atoms with Crippen LogP contribution in [0.2, 0.25) is 0 Å². The number of anilines is 2. The molecule has 3 aromatic rings. The zero-order valence-corrected chi connectivity index (χ0v) is 15.9. The first-order chi connectivity index (χ1) is 14.5. The molecular weight excluding hydrogens is 391 g/mol. The number of carbonyl (C=O) groups is 2. The predicted octanol–water partition coefficient (Wildman–Crippen LogP) is 2.29. The lowest BCUT2D eigenvalue weighted by molar-refractivity contribution is -0.124. The van der Waals surface area contributed by atoms with Gasteiger partial charge in [0, 0.05) is 18.0 Å². The Hall–Kier alpha value is -3.59. The Morgan fingerprint density at radius 2 is 1.87 bits per heavy atom. The fraction of sp³-hybridized carbons (Fsp3) is 0.238. The van der Waals surface area contributed by atoms with E-state index in [2.05, 4.69) is 15.6 Å². The van der Waals surface area contributed by atoms with Crippen LogP contribution in [0, 0.1) is 5.82 Å². The summed E-state index contributed by atoms with van der Waals surface area (Å²) in [5.41, 5.74) is 0.953. The van der Waals surface area contributed by atoms with Crippen molar-refractivity contribution < 1.29 is 18.7 Å². The van der Waals surface area contributed by atoms with Crippen LogP contribution in [-0.4, -0.2) is 34.1 Å². The number of hydrogen-bond acceptors (Lipinski definition) is 5. The second-order valence-corrected chi connectivity index (χ2v) is 6.96. The summed E-state index contributed by atoms with van der Waals surface area (Å²) in [6.07, 6.45) is 2.40. The lowest BCUT2D eigenvalue weighted by atomic mass is 10.2. The van der Waals surface area contributed by atoms with Crippen LogP contribution in [0.1, 0.15) is 12.8 Å². The van der Waals surface area contributed by atoms with E-state index in [4.69, 9.17) is 4.74 Å². The van der Waals surface area contributed by atoms with Crippen LogP contribution in [-0.2, 0) is 20.9 Å². The van der Waals surface area contributed by atoms with E-state index in [0.29, 0.717) is 29.9 Å². The van der Waals surface area contributed by atoms with Gasteiger partial charge >= 0.3 is 0 Å². The Morgan fingerprint density at radius 3 is 2.57 bits per heavy atom. The van der Waals surface area contributed by atoms with Gasteiger partial charge in [-0.3, -0.25) is 19.0 Å². The van der Waals surface area contributed by atoms with Crippen LogP contribution in [0.15, 0.2) is 53.6 Å². The monoisotopic (exact) mass is 410 g/mol. The first kappa shape index (κ1) is 19.7. The van der Waals surface area contributed by atoms with Crippen LogP contribution < -0.4 is 16.2 Å². The molecule has 1 fully saturated rings. The fourth-order valence-electron chi connectivity index (χ4n) is 3.24. The summed E-state index contributed by atoms with van der Waals surface area (Å²) >= 11 is 0. The van der Waals surface area contributed by atoms with Gasteiger partial charge in [0.15, 0.2) is 0 Å². The maximum atomic E-state index is 13.4. The highest BCUT2D eigenvalue weighted by Crippen LogP contribution is 2.17. The topological polar surface area (TPSA) is 102 Å². The molecule has 2 aromatic carbocycles. The lowest BCUT2D eigenvalue weighted by Gasteiger charge is -2.11. The maximum absolute atomic E-state index is 13.4. The van der Waals surface area contributed by atoms with Gasteiger partial charge < -0.3 is 15.4 Å². The molecule has 0 aliphatic carbocycles. The van der Waals surface area contributed by atoms with Crippen LogP contribution in [0.4, 0.5) is 15.8 Å². The minimum Gasteiger partial charge on any atom is -0.368 e. The predicted molar refractivity (Wildman–Crippen MR) is 109 cm³/mol. The number of nitrogens with one attached hydrogen (secondary N) is 2. The van der Waals surface area contributed by atoms with Crippen molar-refractivity contribution in [3.63, 3.8) is 0 Å². The molecule has 2 N–H and O–H groups in total. The molecule has 9 heteroatoms. The summed E-state index contributed by atoms with van der Waals surface area (Å²) in [6.45, 7) is 0.323. The molecule has 0 unspecified atom stereocenters. The minimum absolute atomic E-state index is 0.108. The zero-order valence-electron chi connectivity index (χ0n) is 15.9. The average molecular weight is 410 g/mol. The number of fused-ring (bicyclic) bond motifs is 1. The molecule has 30 heavy (non-hydrogen) atoms. The molecule has 0 radical (unpaired) electrons. The molecule has 154 valence electrons. The van der Waals surface area contributed by atoms with E-state index in [1.807, 2.05) is 0 Å². The molecule has 1 atom stereocenters. The molecule has 4 rings (SSSR count). The first-order valence-corrected chi connectivity index (χ1v) is 9.47. The summed E-state index contributed by atoms with van der Waals surface area (Å²) in [7, 11) is 0. The number of carbonyl (C=O) groups excluding carboxylic acids is 2. The summed E-state index contributed by atoms with van der Waals surface area (Å²) in [5.74, 6) is -1.18. The summed E-state index contributed by atoms with van der Waals surface area (Å²) < 4.78 is 19.9. The Kier molecular flexibility index (Phi) is 5.53. The Morgan fingerprint density at radius 1 is 1.13 bits per heavy atom. The van der Waals surface area contributed by atoms with E-state index in [0.717, 1.165) is 17.1 Å². The van der Waals surface area contributed by atoms with Crippen molar-refractivity contribution in [1.29, 1.82) is 0 Å². The van der Waals surface area contributed by atoms with E-state index < -0.39 is 23.4 Å². The number of halogens is 1. The van der Waals surface area contributed by atoms with E-state index in [1.165, 1.54) is 18.5 Å². The quantitative estimate of drug-likeness (QED) is 0.672. The fourth-order valence-corrected chi connectivity index (χ4v) is 3.24. The minimum atomic E-state index is -0.546. The SMILES string of the molecule is O=C(Cn1cnc2ccc(F)cc2c1=O)Nc1ccc(NC(=O)[C@@H]2CCCO2)cc1. The average Bonchev–Trinajstić information content (AvgIpc) is 3.27. The number of amides is 2. The summed E-state index contributed by atoms with van der Waals surface area (Å²) in [4.78, 5) is 40.9. The Bertz CT molecular complexity index is 1150. The van der Waals surface area contributed by atoms with Crippen molar-refractivity contribution in [3.05, 3.63) is 65.0 Å². The van der Waals surface area contributed by atoms with Gasteiger partial charge in [-0.05, 0) is 55.3 Å². The van der Waals surface area contributed by atoms with Gasteiger partial charge in [0.25, 0.3) is 11.5 Å². The summed E-state index contributed by atoms with van der Waals surface area (Å²) in [6, 6.07) is 10.3. The molecule has 0 bridgehead atoms. The van der Waals surface area contributed by atoms with E-state index in [1.54, 1.807) is 24.3 Å². The standard InChI is InChI=1S/C21H19FN4O4/c22-13-3-8-17-16(10-13)21(29)26(12-23-17)11-19(27)24-14-4-6-15(7-5-14)25-20(28)18-2-1-9-30-18/h3-8,10,12,18H,1-2,9,11H2,(H,24,27)(H,25,28)/t18-/m0/s1. The highest BCUT2D eigenvalue weighted by Gasteiger charge is 2.23. The molecule has 1 aliphatic rings. The molecule has 0 saturated carbocycles. The number of hydrogen-bond donors (Lipinski definition) is 2. The van der Waals surface area contributed by atoms with Crippen molar-refractivity contribution in [2.24, 2.45) is 0 Å². The maximum Gasteiger partial charge on any atom is 0.261 e. The van der Waals surface area contributed by atoms with Crippen LogP contribution in [0.25, 0.3) is 10.9 Å². The van der Waals surface area contributed by atoms with Crippen LogP contribution >= 0.6 is 0 Å². The van der Waals surface area contributed by atoms with Crippen molar-refractivity contribution in [2.45, 2.75) is 25.5 Å². The second kappa shape index (κ2) is 8.42. The third-order valence-electron chi connectivity index (χ3n) is 4.76. The van der Waals surface area contributed by atoms with Crippen LogP contribution in [0.5, 0.6) is 0 Å². The van der Waals surface area contributed by atoms with Gasteiger partial charge in [0.1, 0.15) is 18.5 Å². The van der Waals surface area contributed by atoms with Gasteiger partial charge in [-0.25, -0.2) is 9.37 Å². The molecule has 1 saturated heterocycles. The van der Waals surface area contributed by atoms with Crippen molar-refractivity contribution >= 4 is 34.1 Å². The Labute approximate surface area is 170 Å². The third-order valence-corrected chi connectivity index (χ3v) is 4.76. The molecule has 1 aromatic heterocycles. The Balaban J connectivity index is 1.39. The van der Waals surface area contributed by atoms with Gasteiger partial charge in [0.2, 0.25) is 5.91 Å². The molecular formula is C21H19FN4O4. The molecule has 8 nitrogen and oxygen atoms in total. The smallest absolute Gasteiger partial charge is 0.261 e. The molecule has 0 spiro atoms. The normalized spacial score (nSPS) is 15.8. The second-order valence-electron chi connectivity index (χ2n) is 6.96. The van der Waals surface area contributed by atoms with Gasteiger partial charge in [-0.1, -0.05) is 0 Å². The van der Waals surface area contributed by atoms with Crippen LogP contribution in [0.3, 0.4) is 0 Å². The molecule has 2 amide bonds. The molecule has 2 heterocycles. The number of aromatic nitrogens is 2. The largest absolute Gasteiger partial charge is 0.368 e. The number of benzene rings is 2. The van der Waals surface area contributed by atoms with Gasteiger partial charge in [0.05, 0.1) is 17.2 Å². The first-order valence-electron chi connectivity index (χ1n) is 9.47. The highest BCUT2D eigenvalue weighted by molar-refractivity contribution is 5.95. The zero-order chi connectivity index (χ0) is 21.1. The highest BCUT2D eigenvalue weighted by atomic mass is 19.1. The van der Waals surface area contributed by atoms with E-state index in [-0.39, 0.29) is 17.8 Å². The number of rotatable bonds is 5. The number of ether oxygens (including phenoxy) is 1. The van der Waals surface area contributed by atoms with Crippen molar-refractivity contribution in [3.8, 4) is 0 Å². The summed E-state index contributed by atoms with van der Waals surface area (Å²) in [5, 5.41) is 5.56. The van der Waals surface area contributed by atoms with E-state index >= 15 is 0 Å². The third kappa shape index (κ3) is 4.36. The lowest BCUT2D eigenvalue weighted by Crippen LogP contribution is -2.28. The van der Waals surface area contributed by atoms with Gasteiger partial charge in [-0.15, -0.1) is 0 Å². The van der Waals surface area contributed by atoms with E-state index in [9.17, 15) is 18.8 Å².